The number of hydrogen-bond donors (Lipinski definition) is 0. The fourth-order valence-corrected chi connectivity index (χ4v) is 3.48. The third-order valence-corrected chi connectivity index (χ3v) is 4.95. The molecule has 3 heterocycles. The average molecular weight is 319 g/mol. The molecule has 1 unspecified atom stereocenters. The van der Waals surface area contributed by atoms with Crippen LogP contribution >= 0.6 is 0 Å². The van der Waals surface area contributed by atoms with Crippen LogP contribution in [0, 0.1) is 0 Å². The molecule has 0 aliphatic carbocycles. The van der Waals surface area contributed by atoms with Gasteiger partial charge in [0.15, 0.2) is 0 Å². The van der Waals surface area contributed by atoms with E-state index in [9.17, 15) is 9.59 Å². The number of furan rings is 1. The molecule has 2 amide bonds. The number of carbonyl (C=O) groups excluding carboxylic acids is 2. The van der Waals surface area contributed by atoms with E-state index in [4.69, 9.17) is 4.42 Å². The first kappa shape index (κ1) is 16.1. The molecule has 23 heavy (non-hydrogen) atoms. The molecule has 1 atom stereocenters. The Balaban J connectivity index is 1.68. The lowest BCUT2D eigenvalue weighted by Gasteiger charge is -2.40. The number of rotatable bonds is 3. The highest BCUT2D eigenvalue weighted by Gasteiger charge is 2.36. The summed E-state index contributed by atoms with van der Waals surface area (Å²) < 4.78 is 5.01. The Labute approximate surface area is 137 Å². The lowest BCUT2D eigenvalue weighted by Crippen LogP contribution is -2.57. The topological polar surface area (TPSA) is 57.0 Å². The first-order chi connectivity index (χ1) is 11.2. The van der Waals surface area contributed by atoms with Crippen LogP contribution in [-0.4, -0.2) is 71.8 Å². The van der Waals surface area contributed by atoms with Crippen molar-refractivity contribution >= 4 is 11.8 Å². The predicted molar refractivity (Wildman–Crippen MR) is 86.1 cm³/mol. The number of nitrogens with zero attached hydrogens (tertiary/aromatic N) is 3. The maximum atomic E-state index is 12.9. The van der Waals surface area contributed by atoms with Gasteiger partial charge >= 0.3 is 0 Å². The summed E-state index contributed by atoms with van der Waals surface area (Å²) in [5.74, 6) is 0.0151. The SMILES string of the molecule is CCN1CCN(C(=O)C2CCCCN2C(=O)c2ccoc2)CC1. The van der Waals surface area contributed by atoms with Gasteiger partial charge in [0.05, 0.1) is 11.8 Å². The molecule has 0 spiro atoms. The minimum atomic E-state index is -0.320. The summed E-state index contributed by atoms with van der Waals surface area (Å²) in [5.41, 5.74) is 0.528. The van der Waals surface area contributed by atoms with E-state index in [0.29, 0.717) is 12.1 Å². The highest BCUT2D eigenvalue weighted by atomic mass is 16.3. The number of piperidine rings is 1. The number of carbonyl (C=O) groups is 2. The van der Waals surface area contributed by atoms with E-state index in [1.807, 2.05) is 4.90 Å². The van der Waals surface area contributed by atoms with Crippen LogP contribution in [0.5, 0.6) is 0 Å². The molecule has 2 fully saturated rings. The number of amides is 2. The van der Waals surface area contributed by atoms with Crippen molar-refractivity contribution in [1.82, 2.24) is 14.7 Å². The summed E-state index contributed by atoms with van der Waals surface area (Å²) >= 11 is 0. The molecule has 1 aromatic heterocycles. The molecule has 6 nitrogen and oxygen atoms in total. The van der Waals surface area contributed by atoms with Crippen molar-refractivity contribution in [2.24, 2.45) is 0 Å². The Morgan fingerprint density at radius 3 is 2.61 bits per heavy atom. The van der Waals surface area contributed by atoms with Gasteiger partial charge in [0.1, 0.15) is 12.3 Å². The van der Waals surface area contributed by atoms with Crippen LogP contribution in [0.1, 0.15) is 36.5 Å². The van der Waals surface area contributed by atoms with Gasteiger partial charge in [-0.2, -0.15) is 0 Å². The van der Waals surface area contributed by atoms with Gasteiger partial charge in [-0.3, -0.25) is 9.59 Å². The molecule has 0 bridgehead atoms. The quantitative estimate of drug-likeness (QED) is 0.846. The fourth-order valence-electron chi connectivity index (χ4n) is 3.48. The second-order valence-corrected chi connectivity index (χ2v) is 6.28. The van der Waals surface area contributed by atoms with Crippen molar-refractivity contribution in [3.8, 4) is 0 Å². The molecule has 0 radical (unpaired) electrons. The van der Waals surface area contributed by atoms with Crippen LogP contribution in [0.15, 0.2) is 23.0 Å². The zero-order valence-electron chi connectivity index (χ0n) is 13.7. The van der Waals surface area contributed by atoms with Crippen molar-refractivity contribution in [3.63, 3.8) is 0 Å². The summed E-state index contributed by atoms with van der Waals surface area (Å²) in [5, 5.41) is 0. The van der Waals surface area contributed by atoms with Crippen LogP contribution in [-0.2, 0) is 4.79 Å². The lowest BCUT2D eigenvalue weighted by atomic mass is 9.99. The summed E-state index contributed by atoms with van der Waals surface area (Å²) in [4.78, 5) is 31.6. The summed E-state index contributed by atoms with van der Waals surface area (Å²) in [6.45, 7) is 7.18. The maximum absolute atomic E-state index is 12.9. The summed E-state index contributed by atoms with van der Waals surface area (Å²) in [6.07, 6.45) is 5.67. The first-order valence-corrected chi connectivity index (χ1v) is 8.55. The second-order valence-electron chi connectivity index (χ2n) is 6.28. The Kier molecular flexibility index (Phi) is 5.00. The third kappa shape index (κ3) is 3.42. The highest BCUT2D eigenvalue weighted by Crippen LogP contribution is 2.22. The Bertz CT molecular complexity index is 535. The number of piperazine rings is 1. The largest absolute Gasteiger partial charge is 0.472 e. The molecule has 6 heteroatoms. The molecular formula is C17H25N3O3. The highest BCUT2D eigenvalue weighted by molar-refractivity contribution is 5.97. The number of likely N-dealkylation sites (N-methyl/N-ethyl adjacent to an activating group) is 1. The van der Waals surface area contributed by atoms with Crippen LogP contribution in [0.4, 0.5) is 0 Å². The van der Waals surface area contributed by atoms with Crippen LogP contribution in [0.3, 0.4) is 0 Å². The molecule has 0 aromatic carbocycles. The summed E-state index contributed by atoms with van der Waals surface area (Å²) in [6, 6.07) is 1.35. The normalized spacial score (nSPS) is 23.1. The second kappa shape index (κ2) is 7.17. The van der Waals surface area contributed by atoms with E-state index in [1.54, 1.807) is 11.0 Å². The lowest BCUT2D eigenvalue weighted by molar-refractivity contribution is -0.139. The maximum Gasteiger partial charge on any atom is 0.257 e. The molecule has 0 saturated carbocycles. The van der Waals surface area contributed by atoms with Gasteiger partial charge < -0.3 is 19.1 Å². The summed E-state index contributed by atoms with van der Waals surface area (Å²) in [7, 11) is 0. The molecule has 0 N–H and O–H groups in total. The smallest absolute Gasteiger partial charge is 0.257 e. The molecular weight excluding hydrogens is 294 g/mol. The van der Waals surface area contributed by atoms with Crippen molar-refractivity contribution in [1.29, 1.82) is 0 Å². The van der Waals surface area contributed by atoms with Gasteiger partial charge in [0, 0.05) is 32.7 Å². The van der Waals surface area contributed by atoms with E-state index in [1.165, 1.54) is 12.5 Å². The van der Waals surface area contributed by atoms with E-state index < -0.39 is 0 Å². The average Bonchev–Trinajstić information content (AvgIpc) is 3.15. The minimum absolute atomic E-state index is 0.0935. The van der Waals surface area contributed by atoms with E-state index >= 15 is 0 Å². The Hall–Kier alpha value is -1.82. The molecule has 2 aliphatic heterocycles. The van der Waals surface area contributed by atoms with Gasteiger partial charge in [-0.15, -0.1) is 0 Å². The fraction of sp³-hybridized carbons (Fsp3) is 0.647. The monoisotopic (exact) mass is 319 g/mol. The van der Waals surface area contributed by atoms with Gasteiger partial charge in [0.25, 0.3) is 5.91 Å². The first-order valence-electron chi connectivity index (χ1n) is 8.55. The Morgan fingerprint density at radius 2 is 1.96 bits per heavy atom. The van der Waals surface area contributed by atoms with Crippen LogP contribution in [0.25, 0.3) is 0 Å². The van der Waals surface area contributed by atoms with Gasteiger partial charge in [0.2, 0.25) is 5.91 Å². The van der Waals surface area contributed by atoms with Crippen molar-refractivity contribution in [3.05, 3.63) is 24.2 Å². The van der Waals surface area contributed by atoms with Gasteiger partial charge in [-0.1, -0.05) is 6.92 Å². The van der Waals surface area contributed by atoms with Crippen molar-refractivity contribution in [2.45, 2.75) is 32.2 Å². The molecule has 126 valence electrons. The van der Waals surface area contributed by atoms with Crippen molar-refractivity contribution in [2.75, 3.05) is 39.3 Å². The van der Waals surface area contributed by atoms with E-state index in [-0.39, 0.29) is 17.9 Å². The molecule has 3 rings (SSSR count). The van der Waals surface area contributed by atoms with Gasteiger partial charge in [-0.25, -0.2) is 0 Å². The van der Waals surface area contributed by atoms with Crippen LogP contribution in [0.2, 0.25) is 0 Å². The zero-order valence-corrected chi connectivity index (χ0v) is 13.7. The Morgan fingerprint density at radius 1 is 1.17 bits per heavy atom. The van der Waals surface area contributed by atoms with Crippen LogP contribution < -0.4 is 0 Å². The van der Waals surface area contributed by atoms with E-state index in [2.05, 4.69) is 11.8 Å². The number of likely N-dealkylation sites (tertiary alicyclic amines) is 1. The molecule has 2 saturated heterocycles. The predicted octanol–water partition coefficient (Wildman–Crippen LogP) is 1.44. The van der Waals surface area contributed by atoms with Crippen molar-refractivity contribution < 1.29 is 14.0 Å². The standard InChI is InChI=1S/C17H25N3O3/c1-2-18-8-10-19(11-9-18)17(22)15-5-3-4-7-20(15)16(21)14-6-12-23-13-14/h6,12-13,15H,2-5,7-11H2,1H3. The van der Waals surface area contributed by atoms with E-state index in [0.717, 1.165) is 52.0 Å². The molecule has 1 aromatic rings. The van der Waals surface area contributed by atoms with Gasteiger partial charge in [-0.05, 0) is 31.9 Å². The molecule has 2 aliphatic rings. The third-order valence-electron chi connectivity index (χ3n) is 4.95. The minimum Gasteiger partial charge on any atom is -0.472 e. The number of hydrogen-bond acceptors (Lipinski definition) is 4. The zero-order chi connectivity index (χ0) is 16.2.